The predicted octanol–water partition coefficient (Wildman–Crippen LogP) is 2.84. The Labute approximate surface area is 166 Å². The second-order valence-electron chi connectivity index (χ2n) is 5.84. The highest BCUT2D eigenvalue weighted by Crippen LogP contribution is 2.30. The molecule has 0 bridgehead atoms. The van der Waals surface area contributed by atoms with Crippen LogP contribution in [-0.4, -0.2) is 44.2 Å². The Kier molecular flexibility index (Phi) is 6.96. The molecule has 10 heteroatoms. The second-order valence-corrected chi connectivity index (χ2v) is 5.84. The fourth-order valence-corrected chi connectivity index (χ4v) is 2.47. The zero-order valence-corrected chi connectivity index (χ0v) is 16.3. The van der Waals surface area contributed by atoms with E-state index in [4.69, 9.17) is 14.2 Å². The highest BCUT2D eigenvalue weighted by molar-refractivity contribution is 6.00. The molecule has 0 radical (unpaired) electrons. The maximum Gasteiger partial charge on any atom is 0.341 e. The molecule has 29 heavy (non-hydrogen) atoms. The Morgan fingerprint density at radius 1 is 1.07 bits per heavy atom. The van der Waals surface area contributed by atoms with E-state index in [9.17, 15) is 19.7 Å². The molecule has 0 saturated heterocycles. The molecule has 1 atom stereocenters. The molecule has 154 valence electrons. The summed E-state index contributed by atoms with van der Waals surface area (Å²) < 4.78 is 15.5. The molecule has 10 nitrogen and oxygen atoms in total. The molecule has 0 spiro atoms. The van der Waals surface area contributed by atoms with Crippen LogP contribution in [0.15, 0.2) is 36.4 Å². The lowest BCUT2D eigenvalue weighted by Crippen LogP contribution is -2.30. The molecule has 0 saturated carbocycles. The van der Waals surface area contributed by atoms with Gasteiger partial charge in [-0.15, -0.1) is 0 Å². The Hall–Kier alpha value is -3.82. The first-order chi connectivity index (χ1) is 13.8. The van der Waals surface area contributed by atoms with Crippen LogP contribution in [0.5, 0.6) is 11.5 Å². The number of ether oxygens (including phenoxy) is 3. The van der Waals surface area contributed by atoms with Crippen molar-refractivity contribution in [1.82, 2.24) is 0 Å². The topological polar surface area (TPSA) is 129 Å². The van der Waals surface area contributed by atoms with E-state index in [0.29, 0.717) is 22.9 Å². The van der Waals surface area contributed by atoms with Crippen LogP contribution in [0.2, 0.25) is 0 Å². The minimum absolute atomic E-state index is 0.0486. The number of benzene rings is 2. The van der Waals surface area contributed by atoms with E-state index in [1.54, 1.807) is 25.2 Å². The SMILES string of the molecule is CNc1ccc([N+](=O)[O-])cc1C(=O)O[C@@H](C)C(=O)Nc1ccc(OC)c(OC)c1. The fraction of sp³-hybridized carbons (Fsp3) is 0.263. The minimum Gasteiger partial charge on any atom is -0.493 e. The van der Waals surface area contributed by atoms with Crippen molar-refractivity contribution in [3.05, 3.63) is 52.1 Å². The maximum absolute atomic E-state index is 12.4. The largest absolute Gasteiger partial charge is 0.493 e. The van der Waals surface area contributed by atoms with Crippen LogP contribution in [0.3, 0.4) is 0 Å². The number of rotatable bonds is 8. The van der Waals surface area contributed by atoms with Gasteiger partial charge in [0.25, 0.3) is 11.6 Å². The van der Waals surface area contributed by atoms with E-state index in [-0.39, 0.29) is 11.3 Å². The number of hydrogen-bond acceptors (Lipinski definition) is 8. The molecule has 0 aromatic heterocycles. The van der Waals surface area contributed by atoms with Gasteiger partial charge in [-0.05, 0) is 25.1 Å². The Morgan fingerprint density at radius 3 is 2.34 bits per heavy atom. The van der Waals surface area contributed by atoms with E-state index >= 15 is 0 Å². The first-order valence-corrected chi connectivity index (χ1v) is 8.50. The van der Waals surface area contributed by atoms with Gasteiger partial charge >= 0.3 is 5.97 Å². The van der Waals surface area contributed by atoms with E-state index in [1.165, 1.54) is 33.3 Å². The summed E-state index contributed by atoms with van der Waals surface area (Å²) in [5.41, 5.74) is 0.445. The fourth-order valence-electron chi connectivity index (χ4n) is 2.47. The lowest BCUT2D eigenvalue weighted by atomic mass is 10.1. The molecule has 2 aromatic rings. The molecule has 2 rings (SSSR count). The van der Waals surface area contributed by atoms with Gasteiger partial charge in [0.1, 0.15) is 0 Å². The third-order valence-electron chi connectivity index (χ3n) is 4.01. The Morgan fingerprint density at radius 2 is 1.76 bits per heavy atom. The van der Waals surface area contributed by atoms with Crippen molar-refractivity contribution in [2.75, 3.05) is 31.9 Å². The number of nitrogens with zero attached hydrogens (tertiary/aromatic N) is 1. The van der Waals surface area contributed by atoms with Crippen molar-refractivity contribution >= 4 is 28.9 Å². The number of non-ortho nitro benzene ring substituents is 1. The third-order valence-corrected chi connectivity index (χ3v) is 4.01. The van der Waals surface area contributed by atoms with Gasteiger partial charge in [-0.25, -0.2) is 4.79 Å². The molecular weight excluding hydrogens is 382 g/mol. The van der Waals surface area contributed by atoms with Crippen molar-refractivity contribution < 1.29 is 28.7 Å². The molecular formula is C19H21N3O7. The van der Waals surface area contributed by atoms with Crippen LogP contribution in [0.1, 0.15) is 17.3 Å². The number of esters is 1. The summed E-state index contributed by atoms with van der Waals surface area (Å²) >= 11 is 0. The smallest absolute Gasteiger partial charge is 0.341 e. The number of nitro groups is 1. The first-order valence-electron chi connectivity index (χ1n) is 8.50. The number of hydrogen-bond donors (Lipinski definition) is 2. The number of carbonyl (C=O) groups is 2. The van der Waals surface area contributed by atoms with Gasteiger partial charge in [0.2, 0.25) is 0 Å². The summed E-state index contributed by atoms with van der Waals surface area (Å²) in [5.74, 6) is -0.532. The Bertz CT molecular complexity index is 930. The lowest BCUT2D eigenvalue weighted by molar-refractivity contribution is -0.384. The van der Waals surface area contributed by atoms with E-state index < -0.39 is 22.9 Å². The van der Waals surface area contributed by atoms with Crippen molar-refractivity contribution in [1.29, 1.82) is 0 Å². The average molecular weight is 403 g/mol. The molecule has 0 heterocycles. The number of nitrogens with one attached hydrogen (secondary N) is 2. The highest BCUT2D eigenvalue weighted by atomic mass is 16.6. The van der Waals surface area contributed by atoms with Gasteiger partial charge in [-0.3, -0.25) is 14.9 Å². The monoisotopic (exact) mass is 403 g/mol. The van der Waals surface area contributed by atoms with Gasteiger partial charge in [0.15, 0.2) is 17.6 Å². The molecule has 2 aromatic carbocycles. The summed E-state index contributed by atoms with van der Waals surface area (Å²) in [6.45, 7) is 1.39. The summed E-state index contributed by atoms with van der Waals surface area (Å²) in [6.07, 6.45) is -1.15. The summed E-state index contributed by atoms with van der Waals surface area (Å²) in [5, 5.41) is 16.3. The molecule has 1 amide bonds. The first kappa shape index (κ1) is 21.5. The number of methoxy groups -OCH3 is 2. The lowest BCUT2D eigenvalue weighted by Gasteiger charge is -2.16. The minimum atomic E-state index is -1.15. The Balaban J connectivity index is 2.12. The van der Waals surface area contributed by atoms with Crippen molar-refractivity contribution in [2.45, 2.75) is 13.0 Å². The summed E-state index contributed by atoms with van der Waals surface area (Å²) in [7, 11) is 4.52. The van der Waals surface area contributed by atoms with Crippen LogP contribution >= 0.6 is 0 Å². The van der Waals surface area contributed by atoms with Crippen molar-refractivity contribution in [2.24, 2.45) is 0 Å². The van der Waals surface area contributed by atoms with Crippen LogP contribution in [-0.2, 0) is 9.53 Å². The van der Waals surface area contributed by atoms with E-state index in [2.05, 4.69) is 10.6 Å². The molecule has 0 aliphatic heterocycles. The highest BCUT2D eigenvalue weighted by Gasteiger charge is 2.23. The van der Waals surface area contributed by atoms with E-state index in [0.717, 1.165) is 6.07 Å². The number of anilines is 2. The van der Waals surface area contributed by atoms with Gasteiger partial charge in [0, 0.05) is 36.6 Å². The van der Waals surface area contributed by atoms with Crippen LogP contribution < -0.4 is 20.1 Å². The quantitative estimate of drug-likeness (QED) is 0.391. The van der Waals surface area contributed by atoms with Gasteiger partial charge in [-0.2, -0.15) is 0 Å². The molecule has 0 unspecified atom stereocenters. The van der Waals surface area contributed by atoms with Crippen molar-refractivity contribution in [3.8, 4) is 11.5 Å². The maximum atomic E-state index is 12.4. The second kappa shape index (κ2) is 9.40. The number of nitro benzene ring substituents is 1. The zero-order valence-electron chi connectivity index (χ0n) is 16.3. The van der Waals surface area contributed by atoms with Crippen molar-refractivity contribution in [3.63, 3.8) is 0 Å². The van der Waals surface area contributed by atoms with Gasteiger partial charge < -0.3 is 24.8 Å². The van der Waals surface area contributed by atoms with Crippen LogP contribution in [0.25, 0.3) is 0 Å². The number of carbonyl (C=O) groups excluding carboxylic acids is 2. The number of amides is 1. The van der Waals surface area contributed by atoms with Gasteiger partial charge in [-0.1, -0.05) is 0 Å². The molecule has 2 N–H and O–H groups in total. The summed E-state index contributed by atoms with van der Waals surface area (Å²) in [4.78, 5) is 35.2. The van der Waals surface area contributed by atoms with Crippen LogP contribution in [0, 0.1) is 10.1 Å². The molecule has 0 fully saturated rings. The molecule has 0 aliphatic carbocycles. The average Bonchev–Trinajstić information content (AvgIpc) is 2.72. The molecule has 0 aliphatic rings. The predicted molar refractivity (Wildman–Crippen MR) is 106 cm³/mol. The summed E-state index contributed by atoms with van der Waals surface area (Å²) in [6, 6.07) is 8.53. The van der Waals surface area contributed by atoms with E-state index in [1.807, 2.05) is 0 Å². The third kappa shape index (κ3) is 5.12. The standard InChI is InChI=1S/C19H21N3O7/c1-11(18(23)21-12-5-8-16(27-3)17(9-12)28-4)29-19(24)14-10-13(22(25)26)6-7-15(14)20-2/h5-11,20H,1-4H3,(H,21,23)/t11-/m0/s1. The van der Waals surface area contributed by atoms with Crippen LogP contribution in [0.4, 0.5) is 17.1 Å². The zero-order chi connectivity index (χ0) is 21.6. The van der Waals surface area contributed by atoms with Gasteiger partial charge in [0.05, 0.1) is 24.7 Å². The normalized spacial score (nSPS) is 11.2.